The third-order valence-corrected chi connectivity index (χ3v) is 4.28. The van der Waals surface area contributed by atoms with Crippen LogP contribution in [-0.4, -0.2) is 37.2 Å². The van der Waals surface area contributed by atoms with Crippen LogP contribution in [0.3, 0.4) is 0 Å². The first-order valence-electron chi connectivity index (χ1n) is 8.82. The van der Waals surface area contributed by atoms with E-state index in [-0.39, 0.29) is 17.7 Å². The molecule has 0 saturated carbocycles. The average Bonchev–Trinajstić information content (AvgIpc) is 2.75. The van der Waals surface area contributed by atoms with Gasteiger partial charge in [0, 0.05) is 23.7 Å². The highest BCUT2D eigenvalue weighted by Crippen LogP contribution is 2.38. The first-order valence-corrected chi connectivity index (χ1v) is 8.82. The number of aromatic nitrogens is 2. The Morgan fingerprint density at radius 2 is 1.69 bits per heavy atom. The van der Waals surface area contributed by atoms with Crippen LogP contribution in [0, 0.1) is 0 Å². The average molecular weight is 394 g/mol. The maximum atomic E-state index is 12.2. The lowest BCUT2D eigenvalue weighted by molar-refractivity contribution is 0.102. The number of hydrogen-bond donors (Lipinski definition) is 2. The summed E-state index contributed by atoms with van der Waals surface area (Å²) in [5.74, 6) is 1.73. The molecule has 0 atom stereocenters. The Morgan fingerprint density at radius 1 is 1.03 bits per heavy atom. The molecule has 150 valence electrons. The molecule has 3 rings (SSSR count). The minimum Gasteiger partial charge on any atom is -0.493 e. The van der Waals surface area contributed by atoms with Gasteiger partial charge >= 0.3 is 0 Å². The van der Waals surface area contributed by atoms with Crippen molar-refractivity contribution in [3.8, 4) is 17.2 Å². The summed E-state index contributed by atoms with van der Waals surface area (Å²) in [4.78, 5) is 20.6. The van der Waals surface area contributed by atoms with Crippen molar-refractivity contribution in [1.82, 2.24) is 9.97 Å². The van der Waals surface area contributed by atoms with E-state index in [0.29, 0.717) is 34.8 Å². The fraction of sp³-hybridized carbons (Fsp3) is 0.190. The van der Waals surface area contributed by atoms with Gasteiger partial charge in [-0.1, -0.05) is 18.2 Å². The van der Waals surface area contributed by atoms with E-state index < -0.39 is 0 Å². The third-order valence-electron chi connectivity index (χ3n) is 4.28. The summed E-state index contributed by atoms with van der Waals surface area (Å²) in [6.45, 7) is 0. The second-order valence-corrected chi connectivity index (χ2v) is 6.13. The monoisotopic (exact) mass is 394 g/mol. The lowest BCUT2D eigenvalue weighted by Crippen LogP contribution is -2.15. The van der Waals surface area contributed by atoms with Crippen LogP contribution in [-0.2, 0) is 6.42 Å². The third kappa shape index (κ3) is 4.55. The number of nitrogen functional groups attached to an aromatic ring is 1. The first kappa shape index (κ1) is 19.9. The minimum absolute atomic E-state index is 0.144. The van der Waals surface area contributed by atoms with E-state index >= 15 is 0 Å². The minimum atomic E-state index is -0.303. The SMILES string of the molecule is COc1cc(Cc2cnc(NC(=O)c3ccccc3)nc2N)cc(OC)c1OC. The molecule has 0 fully saturated rings. The largest absolute Gasteiger partial charge is 0.493 e. The summed E-state index contributed by atoms with van der Waals surface area (Å²) < 4.78 is 16.1. The van der Waals surface area contributed by atoms with E-state index in [9.17, 15) is 4.79 Å². The van der Waals surface area contributed by atoms with Crippen LogP contribution in [0.2, 0.25) is 0 Å². The highest BCUT2D eigenvalue weighted by atomic mass is 16.5. The van der Waals surface area contributed by atoms with Crippen molar-refractivity contribution in [1.29, 1.82) is 0 Å². The topological polar surface area (TPSA) is 109 Å². The number of benzene rings is 2. The molecular weight excluding hydrogens is 372 g/mol. The number of nitrogens with zero attached hydrogens (tertiary/aromatic N) is 2. The number of ether oxygens (including phenoxy) is 3. The van der Waals surface area contributed by atoms with Gasteiger partial charge in [0.25, 0.3) is 5.91 Å². The van der Waals surface area contributed by atoms with E-state index in [1.807, 2.05) is 18.2 Å². The van der Waals surface area contributed by atoms with E-state index in [1.54, 1.807) is 51.8 Å². The standard InChI is InChI=1S/C21H22N4O4/c1-27-16-10-13(11-17(28-2)18(16)29-3)9-15-12-23-21(24-19(15)22)25-20(26)14-7-5-4-6-8-14/h4-8,10-12H,9H2,1-3H3,(H3,22,23,24,25,26). The molecule has 8 nitrogen and oxygen atoms in total. The molecule has 0 unspecified atom stereocenters. The highest BCUT2D eigenvalue weighted by molar-refractivity contribution is 6.03. The number of rotatable bonds is 7. The number of hydrogen-bond acceptors (Lipinski definition) is 7. The molecule has 3 aromatic rings. The molecule has 3 N–H and O–H groups in total. The molecule has 0 spiro atoms. The molecule has 0 aliphatic heterocycles. The number of nitrogens with one attached hydrogen (secondary N) is 1. The van der Waals surface area contributed by atoms with Gasteiger partial charge in [-0.05, 0) is 29.8 Å². The Bertz CT molecular complexity index is 984. The summed E-state index contributed by atoms with van der Waals surface area (Å²) in [6, 6.07) is 12.5. The summed E-state index contributed by atoms with van der Waals surface area (Å²) in [5, 5.41) is 2.64. The van der Waals surface area contributed by atoms with Gasteiger partial charge in [0.15, 0.2) is 11.5 Å². The van der Waals surface area contributed by atoms with Crippen molar-refractivity contribution in [3.05, 3.63) is 65.4 Å². The van der Waals surface area contributed by atoms with Gasteiger partial charge in [-0.3, -0.25) is 10.1 Å². The molecule has 8 heteroatoms. The Labute approximate surface area is 168 Å². The van der Waals surface area contributed by atoms with Gasteiger partial charge in [-0.25, -0.2) is 4.98 Å². The molecule has 1 heterocycles. The normalized spacial score (nSPS) is 10.3. The summed E-state index contributed by atoms with van der Waals surface area (Å²) >= 11 is 0. The van der Waals surface area contributed by atoms with Gasteiger partial charge in [-0.15, -0.1) is 0 Å². The van der Waals surface area contributed by atoms with Crippen LogP contribution in [0.15, 0.2) is 48.7 Å². The molecule has 2 aromatic carbocycles. The molecule has 0 aliphatic carbocycles. The van der Waals surface area contributed by atoms with Crippen LogP contribution in [0.5, 0.6) is 17.2 Å². The van der Waals surface area contributed by atoms with Gasteiger partial charge in [0.1, 0.15) is 5.82 Å². The number of anilines is 2. The Kier molecular flexibility index (Phi) is 6.13. The van der Waals surface area contributed by atoms with Crippen LogP contribution in [0.25, 0.3) is 0 Å². The molecule has 0 radical (unpaired) electrons. The number of methoxy groups -OCH3 is 3. The fourth-order valence-electron chi connectivity index (χ4n) is 2.84. The molecule has 1 aromatic heterocycles. The molecule has 0 saturated heterocycles. The molecule has 29 heavy (non-hydrogen) atoms. The predicted molar refractivity (Wildman–Crippen MR) is 110 cm³/mol. The number of carbonyl (C=O) groups excluding carboxylic acids is 1. The zero-order valence-corrected chi connectivity index (χ0v) is 16.4. The molecule has 0 aliphatic rings. The van der Waals surface area contributed by atoms with Gasteiger partial charge in [0.2, 0.25) is 11.7 Å². The van der Waals surface area contributed by atoms with Gasteiger partial charge in [-0.2, -0.15) is 4.98 Å². The summed E-state index contributed by atoms with van der Waals surface area (Å²) in [5.41, 5.74) is 8.19. The van der Waals surface area contributed by atoms with Crippen molar-refractivity contribution < 1.29 is 19.0 Å². The smallest absolute Gasteiger partial charge is 0.258 e. The van der Waals surface area contributed by atoms with Gasteiger partial charge < -0.3 is 19.9 Å². The number of nitrogens with two attached hydrogens (primary N) is 1. The quantitative estimate of drug-likeness (QED) is 0.634. The van der Waals surface area contributed by atoms with Gasteiger partial charge in [0.05, 0.1) is 21.3 Å². The van der Waals surface area contributed by atoms with E-state index in [2.05, 4.69) is 15.3 Å². The van der Waals surface area contributed by atoms with Crippen LogP contribution >= 0.6 is 0 Å². The zero-order valence-electron chi connectivity index (χ0n) is 16.4. The number of amides is 1. The van der Waals surface area contributed by atoms with E-state index in [1.165, 1.54) is 0 Å². The first-order chi connectivity index (χ1) is 14.0. The van der Waals surface area contributed by atoms with Crippen LogP contribution in [0.1, 0.15) is 21.5 Å². The lowest BCUT2D eigenvalue weighted by atomic mass is 10.1. The Balaban J connectivity index is 1.80. The Hall–Kier alpha value is -3.81. The summed E-state index contributed by atoms with van der Waals surface area (Å²) in [6.07, 6.45) is 2.04. The highest BCUT2D eigenvalue weighted by Gasteiger charge is 2.15. The molecule has 1 amide bonds. The van der Waals surface area contributed by atoms with Crippen LogP contribution in [0.4, 0.5) is 11.8 Å². The Morgan fingerprint density at radius 3 is 2.24 bits per heavy atom. The van der Waals surface area contributed by atoms with Crippen molar-refractivity contribution in [3.63, 3.8) is 0 Å². The summed E-state index contributed by atoms with van der Waals surface area (Å²) in [7, 11) is 4.67. The van der Waals surface area contributed by atoms with E-state index in [0.717, 1.165) is 5.56 Å². The second kappa shape index (κ2) is 8.92. The molecular formula is C21H22N4O4. The van der Waals surface area contributed by atoms with Crippen LogP contribution < -0.4 is 25.3 Å². The molecule has 0 bridgehead atoms. The maximum absolute atomic E-state index is 12.2. The predicted octanol–water partition coefficient (Wildman–Crippen LogP) is 2.93. The van der Waals surface area contributed by atoms with Crippen molar-refractivity contribution in [2.24, 2.45) is 0 Å². The van der Waals surface area contributed by atoms with Crippen molar-refractivity contribution in [2.75, 3.05) is 32.4 Å². The number of carbonyl (C=O) groups is 1. The second-order valence-electron chi connectivity index (χ2n) is 6.13. The van der Waals surface area contributed by atoms with Crippen molar-refractivity contribution >= 4 is 17.7 Å². The maximum Gasteiger partial charge on any atom is 0.258 e. The zero-order chi connectivity index (χ0) is 20.8. The van der Waals surface area contributed by atoms with Crippen molar-refractivity contribution in [2.45, 2.75) is 6.42 Å². The fourth-order valence-corrected chi connectivity index (χ4v) is 2.84. The lowest BCUT2D eigenvalue weighted by Gasteiger charge is -2.14. The van der Waals surface area contributed by atoms with E-state index in [4.69, 9.17) is 19.9 Å².